The van der Waals surface area contributed by atoms with Gasteiger partial charge in [0.1, 0.15) is 5.60 Å². The van der Waals surface area contributed by atoms with Crippen molar-refractivity contribution in [2.75, 3.05) is 0 Å². The van der Waals surface area contributed by atoms with Crippen LogP contribution in [0.4, 0.5) is 0 Å². The fourth-order valence-corrected chi connectivity index (χ4v) is 3.43. The Bertz CT molecular complexity index is 599. The van der Waals surface area contributed by atoms with Crippen LogP contribution in [0.25, 0.3) is 0 Å². The van der Waals surface area contributed by atoms with Gasteiger partial charge in [0.05, 0.1) is 0 Å². The number of hydrogen-bond acceptors (Lipinski definition) is 2. The minimum atomic E-state index is -0.464. The highest BCUT2D eigenvalue weighted by molar-refractivity contribution is 5.66. The largest absolute Gasteiger partial charge is 0.459 e. The fourth-order valence-electron chi connectivity index (χ4n) is 3.43. The Morgan fingerprint density at radius 1 is 1.08 bits per heavy atom. The Morgan fingerprint density at radius 2 is 1.71 bits per heavy atom. The molecule has 0 aromatic heterocycles. The first-order valence-electron chi connectivity index (χ1n) is 9.21. The highest BCUT2D eigenvalue weighted by atomic mass is 16.6. The second kappa shape index (κ2) is 8.00. The summed E-state index contributed by atoms with van der Waals surface area (Å²) in [4.78, 5) is 11.5. The number of hydrogen-bond donors (Lipinski definition) is 0. The summed E-state index contributed by atoms with van der Waals surface area (Å²) in [6.07, 6.45) is 15.9. The molecule has 0 bridgehead atoms. The van der Waals surface area contributed by atoms with Crippen LogP contribution in [0.3, 0.4) is 0 Å². The summed E-state index contributed by atoms with van der Waals surface area (Å²) < 4.78 is 5.63. The van der Waals surface area contributed by atoms with Gasteiger partial charge in [0, 0.05) is 12.8 Å². The van der Waals surface area contributed by atoms with E-state index in [9.17, 15) is 4.79 Å². The molecule has 132 valence electrons. The molecule has 2 nitrogen and oxygen atoms in total. The third-order valence-corrected chi connectivity index (χ3v) is 5.09. The number of carbonyl (C=O) groups is 1. The maximum atomic E-state index is 11.5. The number of carbonyl (C=O) groups excluding carboxylic acids is 1. The van der Waals surface area contributed by atoms with Crippen LogP contribution in [-0.4, -0.2) is 11.6 Å². The van der Waals surface area contributed by atoms with Crippen molar-refractivity contribution in [2.24, 2.45) is 5.92 Å². The molecule has 0 aromatic rings. The summed E-state index contributed by atoms with van der Waals surface area (Å²) >= 11 is 0. The monoisotopic (exact) mass is 328 g/mol. The van der Waals surface area contributed by atoms with Crippen molar-refractivity contribution in [3.8, 4) is 0 Å². The standard InChI is InChI=1S/C22H32O2/c1-16-8-6-9-17(2)12-13-21(22(4,5)24-18(3)23)15-20-14-19(20)11-7-10-16/h9-10,14-15,21H,6-8,11-13H2,1-5H3/b16-10+,17-9+,20-15+. The van der Waals surface area contributed by atoms with Gasteiger partial charge in [0.15, 0.2) is 0 Å². The fraction of sp³-hybridized carbons (Fsp3) is 0.591. The summed E-state index contributed by atoms with van der Waals surface area (Å²) in [5.74, 6) is 0.0448. The minimum absolute atomic E-state index is 0.199. The second-order valence-electron chi connectivity index (χ2n) is 7.81. The van der Waals surface area contributed by atoms with Crippen LogP contribution in [-0.2, 0) is 9.53 Å². The molecule has 0 saturated heterocycles. The molecule has 24 heavy (non-hydrogen) atoms. The molecular formula is C22H32O2. The molecule has 2 rings (SSSR count). The quantitative estimate of drug-likeness (QED) is 0.455. The first-order chi connectivity index (χ1) is 11.3. The van der Waals surface area contributed by atoms with Crippen molar-refractivity contribution in [2.45, 2.75) is 78.7 Å². The summed E-state index contributed by atoms with van der Waals surface area (Å²) in [5.41, 5.74) is 5.30. The van der Waals surface area contributed by atoms with Crippen LogP contribution in [0.1, 0.15) is 73.1 Å². The van der Waals surface area contributed by atoms with Gasteiger partial charge >= 0.3 is 5.97 Å². The van der Waals surface area contributed by atoms with Crippen molar-refractivity contribution in [1.82, 2.24) is 0 Å². The van der Waals surface area contributed by atoms with E-state index in [4.69, 9.17) is 4.74 Å². The summed E-state index contributed by atoms with van der Waals surface area (Å²) in [5, 5.41) is 0. The highest BCUT2D eigenvalue weighted by Gasteiger charge is 2.32. The molecule has 0 fully saturated rings. The minimum Gasteiger partial charge on any atom is -0.459 e. The van der Waals surface area contributed by atoms with Gasteiger partial charge in [-0.2, -0.15) is 0 Å². The van der Waals surface area contributed by atoms with Crippen molar-refractivity contribution in [1.29, 1.82) is 0 Å². The molecule has 0 aliphatic heterocycles. The highest BCUT2D eigenvalue weighted by Crippen LogP contribution is 2.38. The van der Waals surface area contributed by atoms with E-state index in [0.29, 0.717) is 0 Å². The van der Waals surface area contributed by atoms with E-state index in [2.05, 4.69) is 38.2 Å². The SMILES string of the molecule is CC(=O)OC(C)(C)C1/C=C2C=C\2CC/C=C(\C)CC/C=C(\C)CC1. The zero-order valence-corrected chi connectivity index (χ0v) is 15.9. The van der Waals surface area contributed by atoms with Gasteiger partial charge in [-0.05, 0) is 77.4 Å². The smallest absolute Gasteiger partial charge is 0.303 e. The van der Waals surface area contributed by atoms with Crippen LogP contribution in [0.15, 0.2) is 46.6 Å². The molecule has 0 amide bonds. The van der Waals surface area contributed by atoms with E-state index in [1.807, 2.05) is 13.8 Å². The topological polar surface area (TPSA) is 26.3 Å². The van der Waals surface area contributed by atoms with Crippen LogP contribution in [0.2, 0.25) is 0 Å². The van der Waals surface area contributed by atoms with Gasteiger partial charge in [0.2, 0.25) is 0 Å². The van der Waals surface area contributed by atoms with Crippen LogP contribution in [0, 0.1) is 5.92 Å². The summed E-state index contributed by atoms with van der Waals surface area (Å²) in [7, 11) is 0. The molecule has 0 radical (unpaired) electrons. The van der Waals surface area contributed by atoms with Crippen molar-refractivity contribution in [3.63, 3.8) is 0 Å². The second-order valence-corrected chi connectivity index (χ2v) is 7.81. The lowest BCUT2D eigenvalue weighted by Gasteiger charge is -2.32. The third-order valence-electron chi connectivity index (χ3n) is 5.09. The summed E-state index contributed by atoms with van der Waals surface area (Å²) in [6.45, 7) is 10.0. The Morgan fingerprint density at radius 3 is 2.38 bits per heavy atom. The Balaban J connectivity index is 2.16. The van der Waals surface area contributed by atoms with Gasteiger partial charge < -0.3 is 4.74 Å². The van der Waals surface area contributed by atoms with Crippen LogP contribution < -0.4 is 0 Å². The molecular weight excluding hydrogens is 296 g/mol. The average Bonchev–Trinajstić information content (AvgIpc) is 3.19. The first-order valence-corrected chi connectivity index (χ1v) is 9.21. The first kappa shape index (κ1) is 18.8. The van der Waals surface area contributed by atoms with Gasteiger partial charge in [-0.15, -0.1) is 0 Å². The van der Waals surface area contributed by atoms with Crippen molar-refractivity contribution < 1.29 is 9.53 Å². The van der Waals surface area contributed by atoms with E-state index >= 15 is 0 Å². The molecule has 0 heterocycles. The predicted molar refractivity (Wildman–Crippen MR) is 101 cm³/mol. The molecule has 0 spiro atoms. The molecule has 1 atom stereocenters. The maximum Gasteiger partial charge on any atom is 0.303 e. The number of rotatable bonds is 2. The van der Waals surface area contributed by atoms with E-state index in [1.54, 1.807) is 0 Å². The Hall–Kier alpha value is -1.57. The maximum absolute atomic E-state index is 11.5. The number of fused-ring (bicyclic) bond motifs is 1. The lowest BCUT2D eigenvalue weighted by Crippen LogP contribution is -2.35. The van der Waals surface area contributed by atoms with E-state index in [0.717, 1.165) is 38.5 Å². The lowest BCUT2D eigenvalue weighted by molar-refractivity contribution is -0.157. The Kier molecular flexibility index (Phi) is 6.26. The van der Waals surface area contributed by atoms with Crippen LogP contribution in [0.5, 0.6) is 0 Å². The van der Waals surface area contributed by atoms with Crippen molar-refractivity contribution in [3.05, 3.63) is 46.6 Å². The number of allylic oxidation sites excluding steroid dienone is 7. The third kappa shape index (κ3) is 5.81. The van der Waals surface area contributed by atoms with E-state index in [-0.39, 0.29) is 11.9 Å². The predicted octanol–water partition coefficient (Wildman–Crippen LogP) is 6.06. The van der Waals surface area contributed by atoms with Gasteiger partial charge in [-0.1, -0.05) is 35.5 Å². The molecule has 2 heteroatoms. The molecule has 0 N–H and O–H groups in total. The van der Waals surface area contributed by atoms with E-state index < -0.39 is 5.60 Å². The Labute approximate surface area is 147 Å². The van der Waals surface area contributed by atoms with Crippen LogP contribution >= 0.6 is 0 Å². The number of ether oxygens (including phenoxy) is 1. The lowest BCUT2D eigenvalue weighted by atomic mass is 9.84. The van der Waals surface area contributed by atoms with Gasteiger partial charge in [-0.3, -0.25) is 4.79 Å². The zero-order chi connectivity index (χ0) is 17.7. The molecule has 1 unspecified atom stereocenters. The van der Waals surface area contributed by atoms with Gasteiger partial charge in [-0.25, -0.2) is 0 Å². The van der Waals surface area contributed by atoms with Gasteiger partial charge in [0.25, 0.3) is 0 Å². The normalized spacial score (nSPS) is 29.5. The molecule has 2 aliphatic carbocycles. The molecule has 0 aromatic carbocycles. The zero-order valence-electron chi connectivity index (χ0n) is 15.9. The van der Waals surface area contributed by atoms with E-state index in [1.165, 1.54) is 29.2 Å². The average molecular weight is 328 g/mol. The number of esters is 1. The molecule has 0 saturated carbocycles. The van der Waals surface area contributed by atoms with Crippen molar-refractivity contribution >= 4 is 5.97 Å². The molecule has 2 aliphatic rings. The summed E-state index contributed by atoms with van der Waals surface area (Å²) in [6, 6.07) is 0.